The maximum Gasteiger partial charge on any atom is 0.330 e. The summed E-state index contributed by atoms with van der Waals surface area (Å²) in [5, 5.41) is 8.58. The molecule has 0 aliphatic heterocycles. The summed E-state index contributed by atoms with van der Waals surface area (Å²) in [6, 6.07) is 9.88. The molecule has 0 aliphatic rings. The van der Waals surface area contributed by atoms with Gasteiger partial charge in [0.05, 0.1) is 6.61 Å². The van der Waals surface area contributed by atoms with Gasteiger partial charge in [0.25, 0.3) is 0 Å². The zero-order valence-corrected chi connectivity index (χ0v) is 9.19. The molecule has 1 aromatic carbocycles. The molecule has 0 unspecified atom stereocenters. The van der Waals surface area contributed by atoms with Gasteiger partial charge in [0, 0.05) is 12.2 Å². The molecule has 86 valence electrons. The highest BCUT2D eigenvalue weighted by molar-refractivity contribution is 5.85. The highest BCUT2D eigenvalue weighted by atomic mass is 16.5. The fourth-order valence-electron chi connectivity index (χ4n) is 1.26. The summed E-state index contributed by atoms with van der Waals surface area (Å²) < 4.78 is 5.42. The quantitative estimate of drug-likeness (QED) is 0.567. The Labute approximate surface area is 95.4 Å². The van der Waals surface area contributed by atoms with E-state index in [9.17, 15) is 4.79 Å². The zero-order valence-electron chi connectivity index (χ0n) is 9.19. The first kappa shape index (κ1) is 12.5. The van der Waals surface area contributed by atoms with Crippen LogP contribution in [0.2, 0.25) is 0 Å². The Hall–Kier alpha value is -1.61. The molecule has 0 amide bonds. The van der Waals surface area contributed by atoms with Crippen LogP contribution in [0.4, 0.5) is 0 Å². The second-order valence-corrected chi connectivity index (χ2v) is 3.55. The van der Waals surface area contributed by atoms with E-state index in [2.05, 4.69) is 6.58 Å². The summed E-state index contributed by atoms with van der Waals surface area (Å²) in [4.78, 5) is 10.4. The van der Waals surface area contributed by atoms with Crippen molar-refractivity contribution in [2.75, 3.05) is 6.61 Å². The van der Waals surface area contributed by atoms with Crippen LogP contribution in [-0.4, -0.2) is 17.7 Å². The van der Waals surface area contributed by atoms with Gasteiger partial charge in [0.1, 0.15) is 0 Å². The largest absolute Gasteiger partial charge is 0.478 e. The number of carboxylic acids is 1. The Kier molecular flexibility index (Phi) is 5.29. The number of rotatable bonds is 7. The number of carboxylic acid groups (broad SMARTS) is 1. The normalized spacial score (nSPS) is 10.0. The lowest BCUT2D eigenvalue weighted by molar-refractivity contribution is -0.132. The molecule has 3 heteroatoms. The second kappa shape index (κ2) is 6.80. The van der Waals surface area contributed by atoms with E-state index in [-0.39, 0.29) is 5.57 Å². The van der Waals surface area contributed by atoms with Crippen molar-refractivity contribution < 1.29 is 14.6 Å². The summed E-state index contributed by atoms with van der Waals surface area (Å²) >= 11 is 0. The van der Waals surface area contributed by atoms with Crippen LogP contribution >= 0.6 is 0 Å². The number of carbonyl (C=O) groups is 1. The van der Waals surface area contributed by atoms with E-state index in [0.717, 1.165) is 5.56 Å². The minimum absolute atomic E-state index is 0.239. The van der Waals surface area contributed by atoms with Crippen molar-refractivity contribution in [3.8, 4) is 0 Å². The van der Waals surface area contributed by atoms with E-state index < -0.39 is 5.97 Å². The van der Waals surface area contributed by atoms with E-state index in [4.69, 9.17) is 9.84 Å². The average molecular weight is 220 g/mol. The third-order valence-electron chi connectivity index (χ3n) is 2.18. The Bertz CT molecular complexity index is 343. The van der Waals surface area contributed by atoms with Crippen molar-refractivity contribution >= 4 is 5.97 Å². The van der Waals surface area contributed by atoms with Crippen LogP contribution in [0.5, 0.6) is 0 Å². The minimum atomic E-state index is -0.928. The molecule has 1 aromatic rings. The molecule has 3 nitrogen and oxygen atoms in total. The van der Waals surface area contributed by atoms with Crippen LogP contribution in [0.1, 0.15) is 18.4 Å². The molecule has 0 saturated carbocycles. The average Bonchev–Trinajstić information content (AvgIpc) is 2.29. The molecular formula is C13H16O3. The zero-order chi connectivity index (χ0) is 11.8. The van der Waals surface area contributed by atoms with Crippen LogP contribution in [-0.2, 0) is 16.1 Å². The fraction of sp³-hybridized carbons (Fsp3) is 0.308. The fourth-order valence-corrected chi connectivity index (χ4v) is 1.26. The molecule has 0 radical (unpaired) electrons. The van der Waals surface area contributed by atoms with Crippen molar-refractivity contribution in [3.05, 3.63) is 48.0 Å². The molecular weight excluding hydrogens is 204 g/mol. The predicted octanol–water partition coefficient (Wildman–Crippen LogP) is 2.62. The third-order valence-corrected chi connectivity index (χ3v) is 2.18. The van der Waals surface area contributed by atoms with Gasteiger partial charge < -0.3 is 9.84 Å². The van der Waals surface area contributed by atoms with Gasteiger partial charge in [-0.3, -0.25) is 0 Å². The molecule has 0 saturated heterocycles. The Morgan fingerprint density at radius 2 is 2.00 bits per heavy atom. The molecule has 0 heterocycles. The van der Waals surface area contributed by atoms with Gasteiger partial charge in [0.15, 0.2) is 0 Å². The predicted molar refractivity (Wildman–Crippen MR) is 62.1 cm³/mol. The monoisotopic (exact) mass is 220 g/mol. The van der Waals surface area contributed by atoms with Crippen LogP contribution < -0.4 is 0 Å². The highest BCUT2D eigenvalue weighted by Crippen LogP contribution is 2.05. The molecule has 1 rings (SSSR count). The van der Waals surface area contributed by atoms with Crippen molar-refractivity contribution in [1.29, 1.82) is 0 Å². The first-order valence-electron chi connectivity index (χ1n) is 5.23. The Balaban J connectivity index is 2.09. The number of aliphatic carboxylic acids is 1. The Morgan fingerprint density at radius 1 is 1.31 bits per heavy atom. The van der Waals surface area contributed by atoms with Crippen molar-refractivity contribution in [2.45, 2.75) is 19.4 Å². The van der Waals surface area contributed by atoms with Gasteiger partial charge in [-0.15, -0.1) is 0 Å². The maximum absolute atomic E-state index is 10.4. The lowest BCUT2D eigenvalue weighted by Gasteiger charge is -2.04. The SMILES string of the molecule is C=C(CCCOCc1ccccc1)C(=O)O. The first-order valence-corrected chi connectivity index (χ1v) is 5.23. The van der Waals surface area contributed by atoms with Gasteiger partial charge in [0.2, 0.25) is 0 Å². The van der Waals surface area contributed by atoms with Gasteiger partial charge in [-0.1, -0.05) is 36.9 Å². The number of ether oxygens (including phenoxy) is 1. The summed E-state index contributed by atoms with van der Waals surface area (Å²) in [5.74, 6) is -0.928. The first-order chi connectivity index (χ1) is 7.70. The third kappa shape index (κ3) is 4.75. The van der Waals surface area contributed by atoms with E-state index >= 15 is 0 Å². The number of benzene rings is 1. The second-order valence-electron chi connectivity index (χ2n) is 3.55. The molecule has 0 fully saturated rings. The van der Waals surface area contributed by atoms with E-state index in [1.54, 1.807) is 0 Å². The minimum Gasteiger partial charge on any atom is -0.478 e. The van der Waals surface area contributed by atoms with Gasteiger partial charge in [-0.2, -0.15) is 0 Å². The maximum atomic E-state index is 10.4. The molecule has 0 spiro atoms. The van der Waals surface area contributed by atoms with Crippen LogP contribution in [0.15, 0.2) is 42.5 Å². The lowest BCUT2D eigenvalue weighted by Crippen LogP contribution is -2.01. The van der Waals surface area contributed by atoms with Crippen LogP contribution in [0.3, 0.4) is 0 Å². The molecule has 0 aromatic heterocycles. The molecule has 16 heavy (non-hydrogen) atoms. The molecule has 0 atom stereocenters. The Morgan fingerprint density at radius 3 is 2.62 bits per heavy atom. The molecule has 1 N–H and O–H groups in total. The van der Waals surface area contributed by atoms with Crippen molar-refractivity contribution in [1.82, 2.24) is 0 Å². The van der Waals surface area contributed by atoms with E-state index in [0.29, 0.717) is 26.1 Å². The van der Waals surface area contributed by atoms with Crippen LogP contribution in [0, 0.1) is 0 Å². The van der Waals surface area contributed by atoms with Crippen molar-refractivity contribution in [3.63, 3.8) is 0 Å². The van der Waals surface area contributed by atoms with Crippen LogP contribution in [0.25, 0.3) is 0 Å². The number of hydrogen-bond donors (Lipinski definition) is 1. The standard InChI is InChI=1S/C13H16O3/c1-11(13(14)15)6-5-9-16-10-12-7-3-2-4-8-12/h2-4,7-8H,1,5-6,9-10H2,(H,14,15). The van der Waals surface area contributed by atoms with Gasteiger partial charge in [-0.05, 0) is 18.4 Å². The molecule has 0 aliphatic carbocycles. The lowest BCUT2D eigenvalue weighted by atomic mass is 10.2. The van der Waals surface area contributed by atoms with Gasteiger partial charge in [-0.25, -0.2) is 4.79 Å². The smallest absolute Gasteiger partial charge is 0.330 e. The topological polar surface area (TPSA) is 46.5 Å². The summed E-state index contributed by atoms with van der Waals surface area (Å²) in [7, 11) is 0. The van der Waals surface area contributed by atoms with Gasteiger partial charge >= 0.3 is 5.97 Å². The summed E-state index contributed by atoms with van der Waals surface area (Å²) in [6.07, 6.45) is 1.17. The molecule has 0 bridgehead atoms. The highest BCUT2D eigenvalue weighted by Gasteiger charge is 2.02. The summed E-state index contributed by atoms with van der Waals surface area (Å²) in [6.45, 7) is 4.58. The van der Waals surface area contributed by atoms with E-state index in [1.807, 2.05) is 30.3 Å². The van der Waals surface area contributed by atoms with Crippen molar-refractivity contribution in [2.24, 2.45) is 0 Å². The van der Waals surface area contributed by atoms with E-state index in [1.165, 1.54) is 0 Å². The summed E-state index contributed by atoms with van der Waals surface area (Å²) in [5.41, 5.74) is 1.36. The number of hydrogen-bond acceptors (Lipinski definition) is 2.